The molecule has 0 aliphatic carbocycles. The summed E-state index contributed by atoms with van der Waals surface area (Å²) in [5, 5.41) is 0. The number of fused-ring (bicyclic) bond motifs is 1. The van der Waals surface area contributed by atoms with Gasteiger partial charge < -0.3 is 4.57 Å². The van der Waals surface area contributed by atoms with Gasteiger partial charge in [0.05, 0.1) is 6.54 Å². The minimum atomic E-state index is 0. The number of aliphatic imine (C=N–C) groups is 1. The Balaban J connectivity index is 0.000000405. The minimum Gasteiger partial charge on any atom is -0.328 e. The summed E-state index contributed by atoms with van der Waals surface area (Å²) in [6.07, 6.45) is 3.94. The predicted molar refractivity (Wildman–Crippen MR) is 42.9 cm³/mol. The van der Waals surface area contributed by atoms with Gasteiger partial charge in [0.15, 0.2) is 0 Å². The summed E-state index contributed by atoms with van der Waals surface area (Å²) >= 11 is 0. The highest BCUT2D eigenvalue weighted by Crippen LogP contribution is 2.15. The molecule has 3 heteroatoms. The van der Waals surface area contributed by atoms with E-state index < -0.39 is 0 Å². The SMILES string of the molecule is Br.C1=Nc2cccn2C1. The molecule has 0 bridgehead atoms. The van der Waals surface area contributed by atoms with Crippen molar-refractivity contribution in [2.45, 2.75) is 6.54 Å². The highest BCUT2D eigenvalue weighted by atomic mass is 79.9. The second kappa shape index (κ2) is 2.35. The Bertz CT molecular complexity index is 227. The van der Waals surface area contributed by atoms with Gasteiger partial charge in [0, 0.05) is 12.4 Å². The lowest BCUT2D eigenvalue weighted by atomic mass is 10.6. The maximum Gasteiger partial charge on any atom is 0.132 e. The molecule has 1 aromatic heterocycles. The number of nitrogens with zero attached hydrogens (tertiary/aromatic N) is 2. The van der Waals surface area contributed by atoms with Gasteiger partial charge in [-0.05, 0) is 12.1 Å². The van der Waals surface area contributed by atoms with Crippen molar-refractivity contribution < 1.29 is 0 Å². The van der Waals surface area contributed by atoms with Crippen LogP contribution in [-0.4, -0.2) is 10.8 Å². The molecule has 1 aromatic rings. The molecule has 2 nitrogen and oxygen atoms in total. The smallest absolute Gasteiger partial charge is 0.132 e. The lowest BCUT2D eigenvalue weighted by Gasteiger charge is -1.88. The Morgan fingerprint density at radius 2 is 2.44 bits per heavy atom. The zero-order valence-corrected chi connectivity index (χ0v) is 6.53. The minimum absolute atomic E-state index is 0. The molecule has 0 atom stereocenters. The van der Waals surface area contributed by atoms with E-state index >= 15 is 0 Å². The molecule has 0 saturated heterocycles. The number of halogens is 1. The lowest BCUT2D eigenvalue weighted by Crippen LogP contribution is -1.86. The van der Waals surface area contributed by atoms with Crippen LogP contribution in [0, 0.1) is 0 Å². The normalized spacial score (nSPS) is 12.9. The zero-order chi connectivity index (χ0) is 5.40. The third kappa shape index (κ3) is 0.920. The molecular weight excluding hydrogens is 180 g/mol. The second-order valence-electron chi connectivity index (χ2n) is 1.83. The van der Waals surface area contributed by atoms with E-state index in [0.29, 0.717) is 0 Å². The highest BCUT2D eigenvalue weighted by Gasteiger charge is 2.00. The highest BCUT2D eigenvalue weighted by molar-refractivity contribution is 8.93. The van der Waals surface area contributed by atoms with Crippen molar-refractivity contribution in [3.8, 4) is 0 Å². The average molecular weight is 187 g/mol. The fraction of sp³-hybridized carbons (Fsp3) is 0.167. The molecule has 0 saturated carbocycles. The maximum absolute atomic E-state index is 4.10. The van der Waals surface area contributed by atoms with Gasteiger partial charge in [0.1, 0.15) is 5.82 Å². The van der Waals surface area contributed by atoms with Crippen molar-refractivity contribution >= 4 is 29.0 Å². The van der Waals surface area contributed by atoms with Gasteiger partial charge in [0.25, 0.3) is 0 Å². The van der Waals surface area contributed by atoms with E-state index in [1.54, 1.807) is 0 Å². The summed E-state index contributed by atoms with van der Waals surface area (Å²) in [5.74, 6) is 1.07. The molecule has 0 fully saturated rings. The Morgan fingerprint density at radius 1 is 1.56 bits per heavy atom. The Labute approximate surface area is 64.0 Å². The third-order valence-electron chi connectivity index (χ3n) is 1.31. The second-order valence-corrected chi connectivity index (χ2v) is 1.83. The summed E-state index contributed by atoms with van der Waals surface area (Å²) in [6.45, 7) is 0.947. The number of hydrogen-bond donors (Lipinski definition) is 0. The quantitative estimate of drug-likeness (QED) is 0.589. The molecule has 0 amide bonds. The van der Waals surface area contributed by atoms with Crippen LogP contribution < -0.4 is 0 Å². The molecule has 0 aromatic carbocycles. The summed E-state index contributed by atoms with van der Waals surface area (Å²) < 4.78 is 2.10. The molecule has 0 radical (unpaired) electrons. The summed E-state index contributed by atoms with van der Waals surface area (Å²) in [5.41, 5.74) is 0. The van der Waals surface area contributed by atoms with E-state index in [-0.39, 0.29) is 17.0 Å². The van der Waals surface area contributed by atoms with Crippen LogP contribution in [0.5, 0.6) is 0 Å². The van der Waals surface area contributed by atoms with Crippen molar-refractivity contribution in [2.75, 3.05) is 0 Å². The molecule has 0 spiro atoms. The molecule has 0 N–H and O–H groups in total. The maximum atomic E-state index is 4.10. The van der Waals surface area contributed by atoms with Crippen molar-refractivity contribution in [1.29, 1.82) is 0 Å². The van der Waals surface area contributed by atoms with E-state index in [4.69, 9.17) is 0 Å². The standard InChI is InChI=1S/C6H6N2.BrH/c1-2-6-7-3-5-8(6)4-1;/h1-4H,5H2;1H. The largest absolute Gasteiger partial charge is 0.328 e. The first kappa shape index (κ1) is 6.55. The number of aromatic nitrogens is 1. The first-order valence-electron chi connectivity index (χ1n) is 2.64. The Morgan fingerprint density at radius 3 is 3.22 bits per heavy atom. The molecule has 1 aliphatic heterocycles. The Kier molecular flexibility index (Phi) is 1.71. The van der Waals surface area contributed by atoms with Crippen LogP contribution in [0.15, 0.2) is 23.3 Å². The average Bonchev–Trinajstić information content (AvgIpc) is 2.15. The van der Waals surface area contributed by atoms with Gasteiger partial charge in [-0.25, -0.2) is 4.99 Å². The topological polar surface area (TPSA) is 17.3 Å². The van der Waals surface area contributed by atoms with Gasteiger partial charge >= 0.3 is 0 Å². The summed E-state index contributed by atoms with van der Waals surface area (Å²) in [6, 6.07) is 4.01. The van der Waals surface area contributed by atoms with E-state index in [0.717, 1.165) is 12.4 Å². The number of hydrogen-bond acceptors (Lipinski definition) is 1. The van der Waals surface area contributed by atoms with Crippen molar-refractivity contribution in [2.24, 2.45) is 4.99 Å². The van der Waals surface area contributed by atoms with Crippen LogP contribution >= 0.6 is 17.0 Å². The molecule has 48 valence electrons. The summed E-state index contributed by atoms with van der Waals surface area (Å²) in [4.78, 5) is 4.10. The zero-order valence-electron chi connectivity index (χ0n) is 4.82. The lowest BCUT2D eigenvalue weighted by molar-refractivity contribution is 0.909. The van der Waals surface area contributed by atoms with E-state index in [1.165, 1.54) is 0 Å². The first-order valence-corrected chi connectivity index (χ1v) is 2.64. The van der Waals surface area contributed by atoms with Crippen LogP contribution in [0.2, 0.25) is 0 Å². The van der Waals surface area contributed by atoms with Gasteiger partial charge in [-0.1, -0.05) is 0 Å². The molecule has 0 unspecified atom stereocenters. The first-order chi connectivity index (χ1) is 3.97. The van der Waals surface area contributed by atoms with Crippen LogP contribution in [0.4, 0.5) is 5.82 Å². The summed E-state index contributed by atoms with van der Waals surface area (Å²) in [7, 11) is 0. The molecule has 2 rings (SSSR count). The molecular formula is C6H7BrN2. The fourth-order valence-corrected chi connectivity index (χ4v) is 0.899. The van der Waals surface area contributed by atoms with Crippen LogP contribution in [0.25, 0.3) is 0 Å². The molecule has 2 heterocycles. The van der Waals surface area contributed by atoms with E-state index in [1.807, 2.05) is 24.5 Å². The van der Waals surface area contributed by atoms with Crippen molar-refractivity contribution in [3.63, 3.8) is 0 Å². The van der Waals surface area contributed by atoms with Crippen LogP contribution in [-0.2, 0) is 6.54 Å². The predicted octanol–water partition coefficient (Wildman–Crippen LogP) is 1.78. The van der Waals surface area contributed by atoms with Gasteiger partial charge in [-0.3, -0.25) is 0 Å². The van der Waals surface area contributed by atoms with Gasteiger partial charge in [-0.2, -0.15) is 0 Å². The molecule has 1 aliphatic rings. The number of rotatable bonds is 0. The Hall–Kier alpha value is -0.570. The van der Waals surface area contributed by atoms with Gasteiger partial charge in [0.2, 0.25) is 0 Å². The van der Waals surface area contributed by atoms with Gasteiger partial charge in [-0.15, -0.1) is 17.0 Å². The van der Waals surface area contributed by atoms with Crippen LogP contribution in [0.3, 0.4) is 0 Å². The fourth-order valence-electron chi connectivity index (χ4n) is 0.899. The molecule has 9 heavy (non-hydrogen) atoms. The van der Waals surface area contributed by atoms with E-state index in [9.17, 15) is 0 Å². The third-order valence-corrected chi connectivity index (χ3v) is 1.31. The van der Waals surface area contributed by atoms with Crippen molar-refractivity contribution in [1.82, 2.24) is 4.57 Å². The van der Waals surface area contributed by atoms with E-state index in [2.05, 4.69) is 9.56 Å². The van der Waals surface area contributed by atoms with Crippen molar-refractivity contribution in [3.05, 3.63) is 18.3 Å². The monoisotopic (exact) mass is 186 g/mol. The van der Waals surface area contributed by atoms with Crippen LogP contribution in [0.1, 0.15) is 0 Å².